The zero-order chi connectivity index (χ0) is 27.9. The van der Waals surface area contributed by atoms with Crippen molar-refractivity contribution < 1.29 is 9.85 Å². The number of rotatable bonds is 18. The van der Waals surface area contributed by atoms with Gasteiger partial charge in [-0.1, -0.05) is 78.1 Å². The van der Waals surface area contributed by atoms with E-state index in [2.05, 4.69) is 13.8 Å². The van der Waals surface area contributed by atoms with Crippen LogP contribution in [0.15, 0.2) is 34.0 Å². The Balaban J connectivity index is 2.34. The maximum absolute atomic E-state index is 13.2. The number of hydrogen-bond acceptors (Lipinski definition) is 6. The summed E-state index contributed by atoms with van der Waals surface area (Å²) in [7, 11) is 0. The molecule has 0 aliphatic heterocycles. The van der Waals surface area contributed by atoms with E-state index in [1.807, 2.05) is 0 Å². The largest absolute Gasteiger partial charge is 0.330 e. The van der Waals surface area contributed by atoms with Gasteiger partial charge in [-0.2, -0.15) is 0 Å². The summed E-state index contributed by atoms with van der Waals surface area (Å²) in [4.78, 5) is 47.5. The van der Waals surface area contributed by atoms with E-state index >= 15 is 0 Å². The van der Waals surface area contributed by atoms with Crippen LogP contribution >= 0.6 is 0 Å². The highest BCUT2D eigenvalue weighted by atomic mass is 16.6. The second kappa shape index (κ2) is 16.3. The molecular formula is C28H40N4O6. The van der Waals surface area contributed by atoms with Crippen molar-refractivity contribution in [2.24, 2.45) is 0 Å². The van der Waals surface area contributed by atoms with E-state index in [1.165, 1.54) is 47.9 Å². The van der Waals surface area contributed by atoms with E-state index in [0.717, 1.165) is 70.3 Å². The maximum Gasteiger partial charge on any atom is 0.330 e. The van der Waals surface area contributed by atoms with E-state index in [9.17, 15) is 29.8 Å². The lowest BCUT2D eigenvalue weighted by Crippen LogP contribution is -2.40. The highest BCUT2D eigenvalue weighted by Gasteiger charge is 2.18. The Morgan fingerprint density at radius 2 is 1.29 bits per heavy atom. The molecule has 208 valence electrons. The fraction of sp³-hybridized carbons (Fsp3) is 0.571. The summed E-state index contributed by atoms with van der Waals surface area (Å²) >= 11 is 0. The lowest BCUT2D eigenvalue weighted by Gasteiger charge is -2.12. The standard InChI is InChI=1S/C28H40N4O6/c1-3-5-7-9-11-13-19-29-22-24(27(33)30(28(29)34)20-14-12-10-8-6-4-2)16-15-23-17-18-25(31(35)36)21-26(23)32(37)38/h15-18,21-22H,3-14,19-20H2,1-2H3/b16-15-. The number of unbranched alkanes of at least 4 members (excludes halogenated alkanes) is 10. The van der Waals surface area contributed by atoms with E-state index in [4.69, 9.17) is 0 Å². The Morgan fingerprint density at radius 1 is 0.737 bits per heavy atom. The fourth-order valence-corrected chi connectivity index (χ4v) is 4.38. The molecule has 0 fully saturated rings. The van der Waals surface area contributed by atoms with E-state index in [-0.39, 0.29) is 22.5 Å². The van der Waals surface area contributed by atoms with Gasteiger partial charge in [0.1, 0.15) is 0 Å². The summed E-state index contributed by atoms with van der Waals surface area (Å²) in [5.41, 5.74) is -1.21. The van der Waals surface area contributed by atoms with Gasteiger partial charge < -0.3 is 0 Å². The summed E-state index contributed by atoms with van der Waals surface area (Å²) in [5, 5.41) is 22.5. The van der Waals surface area contributed by atoms with E-state index in [1.54, 1.807) is 4.57 Å². The Labute approximate surface area is 223 Å². The van der Waals surface area contributed by atoms with Crippen LogP contribution in [0.1, 0.15) is 102 Å². The van der Waals surface area contributed by atoms with Crippen molar-refractivity contribution in [3.63, 3.8) is 0 Å². The Hall–Kier alpha value is -3.56. The number of nitro groups is 2. The van der Waals surface area contributed by atoms with Crippen LogP contribution in [0.4, 0.5) is 11.4 Å². The van der Waals surface area contributed by atoms with Gasteiger partial charge >= 0.3 is 5.69 Å². The molecule has 0 saturated heterocycles. The van der Waals surface area contributed by atoms with Gasteiger partial charge in [-0.25, -0.2) is 4.79 Å². The zero-order valence-electron chi connectivity index (χ0n) is 22.6. The molecule has 0 amide bonds. The molecule has 38 heavy (non-hydrogen) atoms. The second-order valence-corrected chi connectivity index (χ2v) is 9.64. The van der Waals surface area contributed by atoms with Crippen LogP contribution in [-0.2, 0) is 13.1 Å². The second-order valence-electron chi connectivity index (χ2n) is 9.64. The van der Waals surface area contributed by atoms with Gasteiger partial charge in [0.2, 0.25) is 0 Å². The van der Waals surface area contributed by atoms with Crippen LogP contribution in [0, 0.1) is 20.2 Å². The third-order valence-electron chi connectivity index (χ3n) is 6.62. The third kappa shape index (κ3) is 9.39. The summed E-state index contributed by atoms with van der Waals surface area (Å²) in [6.45, 7) is 5.11. The van der Waals surface area contributed by atoms with Crippen molar-refractivity contribution in [3.8, 4) is 0 Å². The third-order valence-corrected chi connectivity index (χ3v) is 6.62. The molecule has 0 radical (unpaired) electrons. The minimum Gasteiger partial charge on any atom is -0.300 e. The van der Waals surface area contributed by atoms with Crippen molar-refractivity contribution in [2.45, 2.75) is 104 Å². The lowest BCUT2D eigenvalue weighted by molar-refractivity contribution is -0.394. The number of hydrogen-bond donors (Lipinski definition) is 0. The number of aryl methyl sites for hydroxylation is 1. The average Bonchev–Trinajstić information content (AvgIpc) is 2.90. The van der Waals surface area contributed by atoms with Crippen molar-refractivity contribution in [1.82, 2.24) is 9.13 Å². The molecule has 10 nitrogen and oxygen atoms in total. The first-order chi connectivity index (χ1) is 18.3. The molecule has 1 heterocycles. The molecule has 10 heteroatoms. The van der Waals surface area contributed by atoms with Crippen LogP contribution in [0.3, 0.4) is 0 Å². The Kier molecular flexibility index (Phi) is 13.2. The lowest BCUT2D eigenvalue weighted by atomic mass is 10.1. The normalized spacial score (nSPS) is 11.3. The number of nitrogens with zero attached hydrogens (tertiary/aromatic N) is 4. The van der Waals surface area contributed by atoms with Gasteiger partial charge in [-0.3, -0.25) is 34.2 Å². The Morgan fingerprint density at radius 3 is 1.87 bits per heavy atom. The molecule has 0 spiro atoms. The van der Waals surface area contributed by atoms with Gasteiger partial charge in [0, 0.05) is 25.4 Å². The molecule has 1 aromatic heterocycles. The molecule has 0 unspecified atom stereocenters. The number of aromatic nitrogens is 2. The van der Waals surface area contributed by atoms with Gasteiger partial charge in [-0.05, 0) is 31.1 Å². The van der Waals surface area contributed by atoms with E-state index < -0.39 is 21.1 Å². The van der Waals surface area contributed by atoms with Crippen molar-refractivity contribution in [3.05, 3.63) is 76.6 Å². The van der Waals surface area contributed by atoms with Crippen LogP contribution in [-0.4, -0.2) is 19.0 Å². The SMILES string of the molecule is CCCCCCCCn1cc(/C=C\c2ccc([N+](=O)[O-])cc2[N+](=O)[O-])c(=O)n(CCCCCCCC)c1=O. The Bertz CT molecular complexity index is 1210. The molecule has 2 aromatic rings. The van der Waals surface area contributed by atoms with Crippen molar-refractivity contribution in [2.75, 3.05) is 0 Å². The number of benzene rings is 1. The van der Waals surface area contributed by atoms with Gasteiger partial charge in [0.15, 0.2) is 0 Å². The predicted molar refractivity (Wildman–Crippen MR) is 150 cm³/mol. The van der Waals surface area contributed by atoms with Crippen molar-refractivity contribution in [1.29, 1.82) is 0 Å². The van der Waals surface area contributed by atoms with Crippen molar-refractivity contribution >= 4 is 23.5 Å². The van der Waals surface area contributed by atoms with Crippen LogP contribution in [0.2, 0.25) is 0 Å². The summed E-state index contributed by atoms with van der Waals surface area (Å²) in [6, 6.07) is 3.37. The quantitative estimate of drug-likeness (QED) is 0.120. The molecular weight excluding hydrogens is 488 g/mol. The molecule has 0 saturated carbocycles. The summed E-state index contributed by atoms with van der Waals surface area (Å²) < 4.78 is 2.82. The van der Waals surface area contributed by atoms with Crippen LogP contribution < -0.4 is 11.2 Å². The van der Waals surface area contributed by atoms with Crippen LogP contribution in [0.25, 0.3) is 12.2 Å². The summed E-state index contributed by atoms with van der Waals surface area (Å²) in [6.07, 6.45) is 16.9. The highest BCUT2D eigenvalue weighted by molar-refractivity contribution is 5.74. The topological polar surface area (TPSA) is 130 Å². The number of nitro benzene ring substituents is 2. The van der Waals surface area contributed by atoms with Gasteiger partial charge in [0.05, 0.1) is 27.0 Å². The smallest absolute Gasteiger partial charge is 0.300 e. The molecule has 0 bridgehead atoms. The first-order valence-electron chi connectivity index (χ1n) is 13.7. The van der Waals surface area contributed by atoms with Crippen LogP contribution in [0.5, 0.6) is 0 Å². The van der Waals surface area contributed by atoms with Gasteiger partial charge in [-0.15, -0.1) is 0 Å². The minimum absolute atomic E-state index is 0.135. The predicted octanol–water partition coefficient (Wildman–Crippen LogP) is 6.72. The molecule has 0 aliphatic rings. The monoisotopic (exact) mass is 528 g/mol. The first kappa shape index (κ1) is 30.7. The molecule has 0 N–H and O–H groups in total. The molecule has 2 rings (SSSR count). The van der Waals surface area contributed by atoms with E-state index in [0.29, 0.717) is 13.1 Å². The average molecular weight is 529 g/mol. The molecule has 0 aliphatic carbocycles. The summed E-state index contributed by atoms with van der Waals surface area (Å²) in [5.74, 6) is 0. The zero-order valence-corrected chi connectivity index (χ0v) is 22.6. The molecule has 1 aromatic carbocycles. The highest BCUT2D eigenvalue weighted by Crippen LogP contribution is 2.26. The minimum atomic E-state index is -0.695. The maximum atomic E-state index is 13.2. The fourth-order valence-electron chi connectivity index (χ4n) is 4.38. The first-order valence-corrected chi connectivity index (χ1v) is 13.7. The number of non-ortho nitro benzene ring substituents is 1. The van der Waals surface area contributed by atoms with Gasteiger partial charge in [0.25, 0.3) is 16.9 Å². The molecule has 0 atom stereocenters.